The van der Waals surface area contributed by atoms with Crippen LogP contribution in [0.2, 0.25) is 0 Å². The van der Waals surface area contributed by atoms with Crippen molar-refractivity contribution in [3.63, 3.8) is 0 Å². The quantitative estimate of drug-likeness (QED) is 0.823. The number of hydrogen-bond donors (Lipinski definition) is 2. The van der Waals surface area contributed by atoms with Crippen LogP contribution in [0.15, 0.2) is 29.8 Å². The maximum atomic E-state index is 12.6. The van der Waals surface area contributed by atoms with E-state index in [-0.39, 0.29) is 10.9 Å². The molecule has 2 heterocycles. The normalized spacial score (nSPS) is 25.1. The molecular weight excluding hydrogens is 318 g/mol. The first kappa shape index (κ1) is 16.2. The van der Waals surface area contributed by atoms with Gasteiger partial charge in [-0.2, -0.15) is 5.10 Å². The Labute approximate surface area is 135 Å². The molecule has 126 valence electrons. The molecule has 23 heavy (non-hydrogen) atoms. The minimum absolute atomic E-state index is 0.162. The summed E-state index contributed by atoms with van der Waals surface area (Å²) >= 11 is 0. The van der Waals surface area contributed by atoms with Crippen LogP contribution in [0, 0.1) is 6.92 Å². The standard InChI is InChI=1S/C14H21N5O3S/c1-3-19-10(2)13(8-16-19)23(21,22)17-11-4-5-12(14(11)20)18-7-6-15-9-18/h6-9,11-12,14,17,20H,3-5H2,1-2H3/t11-,12-,14-/m1/s1. The van der Waals surface area contributed by atoms with Gasteiger partial charge in [0.25, 0.3) is 0 Å². The highest BCUT2D eigenvalue weighted by Crippen LogP contribution is 2.31. The number of aromatic nitrogens is 4. The van der Waals surface area contributed by atoms with Gasteiger partial charge in [0.15, 0.2) is 0 Å². The number of imidazole rings is 1. The average molecular weight is 339 g/mol. The van der Waals surface area contributed by atoms with E-state index < -0.39 is 22.2 Å². The smallest absolute Gasteiger partial charge is 0.244 e. The van der Waals surface area contributed by atoms with Crippen LogP contribution in [0.4, 0.5) is 0 Å². The van der Waals surface area contributed by atoms with E-state index >= 15 is 0 Å². The van der Waals surface area contributed by atoms with E-state index in [0.29, 0.717) is 25.1 Å². The second-order valence-corrected chi connectivity index (χ2v) is 7.47. The van der Waals surface area contributed by atoms with Gasteiger partial charge in [-0.25, -0.2) is 18.1 Å². The molecule has 0 amide bonds. The lowest BCUT2D eigenvalue weighted by atomic mass is 10.2. The molecule has 8 nitrogen and oxygen atoms in total. The highest BCUT2D eigenvalue weighted by molar-refractivity contribution is 7.89. The molecule has 3 atom stereocenters. The molecule has 1 saturated carbocycles. The van der Waals surface area contributed by atoms with Crippen molar-refractivity contribution in [3.8, 4) is 0 Å². The second-order valence-electron chi connectivity index (χ2n) is 5.78. The van der Waals surface area contributed by atoms with Gasteiger partial charge in [0.05, 0.1) is 36.4 Å². The fourth-order valence-corrected chi connectivity index (χ4v) is 4.62. The summed E-state index contributed by atoms with van der Waals surface area (Å²) in [6, 6.07) is -0.679. The summed E-state index contributed by atoms with van der Waals surface area (Å²) in [6.07, 6.45) is 6.89. The zero-order valence-electron chi connectivity index (χ0n) is 13.1. The summed E-state index contributed by atoms with van der Waals surface area (Å²) in [5.74, 6) is 0. The number of hydrogen-bond acceptors (Lipinski definition) is 5. The largest absolute Gasteiger partial charge is 0.389 e. The lowest BCUT2D eigenvalue weighted by Gasteiger charge is -2.21. The van der Waals surface area contributed by atoms with E-state index in [0.717, 1.165) is 0 Å². The van der Waals surface area contributed by atoms with Crippen molar-refractivity contribution in [2.45, 2.75) is 56.3 Å². The predicted molar refractivity (Wildman–Crippen MR) is 83.3 cm³/mol. The summed E-state index contributed by atoms with van der Waals surface area (Å²) in [7, 11) is -3.71. The number of sulfonamides is 1. The van der Waals surface area contributed by atoms with Gasteiger partial charge in [0, 0.05) is 18.9 Å². The fourth-order valence-electron chi connectivity index (χ4n) is 3.15. The van der Waals surface area contributed by atoms with Gasteiger partial charge < -0.3 is 9.67 Å². The van der Waals surface area contributed by atoms with E-state index in [1.807, 2.05) is 11.5 Å². The van der Waals surface area contributed by atoms with E-state index in [1.54, 1.807) is 30.3 Å². The first-order chi connectivity index (χ1) is 10.9. The Morgan fingerprint density at radius 1 is 1.43 bits per heavy atom. The van der Waals surface area contributed by atoms with Crippen LogP contribution in [-0.4, -0.2) is 45.0 Å². The van der Waals surface area contributed by atoms with Crippen molar-refractivity contribution in [2.75, 3.05) is 0 Å². The Balaban J connectivity index is 1.77. The lowest BCUT2D eigenvalue weighted by Crippen LogP contribution is -2.42. The Bertz CT molecular complexity index is 768. The van der Waals surface area contributed by atoms with Crippen LogP contribution in [0.1, 0.15) is 31.5 Å². The number of rotatable bonds is 5. The minimum atomic E-state index is -3.71. The third-order valence-electron chi connectivity index (χ3n) is 4.44. The molecule has 0 aliphatic heterocycles. The van der Waals surface area contributed by atoms with E-state index in [1.165, 1.54) is 6.20 Å². The second kappa shape index (κ2) is 6.06. The molecule has 1 aliphatic rings. The summed E-state index contributed by atoms with van der Waals surface area (Å²) in [4.78, 5) is 4.14. The third kappa shape index (κ3) is 2.91. The van der Waals surface area contributed by atoms with Crippen LogP contribution < -0.4 is 4.72 Å². The molecule has 0 radical (unpaired) electrons. The molecule has 2 N–H and O–H groups in total. The van der Waals surface area contributed by atoms with Gasteiger partial charge in [-0.3, -0.25) is 4.68 Å². The Hall–Kier alpha value is -1.71. The first-order valence-corrected chi connectivity index (χ1v) is 9.12. The van der Waals surface area contributed by atoms with Gasteiger partial charge in [-0.15, -0.1) is 0 Å². The van der Waals surface area contributed by atoms with Gasteiger partial charge in [-0.1, -0.05) is 0 Å². The van der Waals surface area contributed by atoms with Crippen molar-refractivity contribution < 1.29 is 13.5 Å². The van der Waals surface area contributed by atoms with Crippen LogP contribution in [0.3, 0.4) is 0 Å². The van der Waals surface area contributed by atoms with E-state index in [9.17, 15) is 13.5 Å². The predicted octanol–water partition coefficient (Wildman–Crippen LogP) is 0.451. The first-order valence-electron chi connectivity index (χ1n) is 7.64. The van der Waals surface area contributed by atoms with Gasteiger partial charge in [0.1, 0.15) is 4.90 Å². The van der Waals surface area contributed by atoms with Gasteiger partial charge in [0.2, 0.25) is 10.0 Å². The number of aliphatic hydroxyl groups is 1. The molecule has 0 bridgehead atoms. The fraction of sp³-hybridized carbons (Fsp3) is 0.571. The Kier molecular flexibility index (Phi) is 4.26. The third-order valence-corrected chi connectivity index (χ3v) is 6.03. The van der Waals surface area contributed by atoms with Crippen LogP contribution in [0.25, 0.3) is 0 Å². The SMILES string of the molecule is CCn1ncc(S(=O)(=O)N[C@@H]2CC[C@@H](n3ccnc3)[C@@H]2O)c1C. The molecular formula is C14H21N5O3S. The molecule has 1 fully saturated rings. The molecule has 0 aromatic carbocycles. The van der Waals surface area contributed by atoms with Crippen LogP contribution in [0.5, 0.6) is 0 Å². The number of nitrogens with zero attached hydrogens (tertiary/aromatic N) is 4. The van der Waals surface area contributed by atoms with Crippen LogP contribution >= 0.6 is 0 Å². The van der Waals surface area contributed by atoms with Gasteiger partial charge >= 0.3 is 0 Å². The summed E-state index contributed by atoms with van der Waals surface area (Å²) < 4.78 is 31.2. The van der Waals surface area contributed by atoms with Crippen molar-refractivity contribution >= 4 is 10.0 Å². The lowest BCUT2D eigenvalue weighted by molar-refractivity contribution is 0.117. The number of nitrogens with one attached hydrogen (secondary N) is 1. The average Bonchev–Trinajstić information content (AvgIpc) is 3.21. The maximum Gasteiger partial charge on any atom is 0.244 e. The molecule has 0 unspecified atom stereocenters. The molecule has 0 saturated heterocycles. The van der Waals surface area contributed by atoms with Crippen molar-refractivity contribution in [1.29, 1.82) is 0 Å². The molecule has 9 heteroatoms. The molecule has 2 aromatic rings. The highest BCUT2D eigenvalue weighted by atomic mass is 32.2. The molecule has 3 rings (SSSR count). The minimum Gasteiger partial charge on any atom is -0.389 e. The monoisotopic (exact) mass is 339 g/mol. The van der Waals surface area contributed by atoms with Gasteiger partial charge in [-0.05, 0) is 26.7 Å². The summed E-state index contributed by atoms with van der Waals surface area (Å²) in [6.45, 7) is 4.24. The van der Waals surface area contributed by atoms with E-state index in [2.05, 4.69) is 14.8 Å². The van der Waals surface area contributed by atoms with Crippen molar-refractivity contribution in [3.05, 3.63) is 30.6 Å². The molecule has 1 aliphatic carbocycles. The number of aliphatic hydroxyl groups excluding tert-OH is 1. The van der Waals surface area contributed by atoms with Crippen molar-refractivity contribution in [2.24, 2.45) is 0 Å². The van der Waals surface area contributed by atoms with E-state index in [4.69, 9.17) is 0 Å². The maximum absolute atomic E-state index is 12.6. The summed E-state index contributed by atoms with van der Waals surface area (Å²) in [5, 5.41) is 14.5. The summed E-state index contributed by atoms with van der Waals surface area (Å²) in [5.41, 5.74) is 0.596. The Morgan fingerprint density at radius 3 is 2.83 bits per heavy atom. The highest BCUT2D eigenvalue weighted by Gasteiger charge is 2.38. The Morgan fingerprint density at radius 2 is 2.22 bits per heavy atom. The molecule has 0 spiro atoms. The molecule has 2 aromatic heterocycles. The topological polar surface area (TPSA) is 102 Å². The van der Waals surface area contributed by atoms with Crippen molar-refractivity contribution in [1.82, 2.24) is 24.1 Å². The van der Waals surface area contributed by atoms with Crippen LogP contribution in [-0.2, 0) is 16.6 Å². The zero-order valence-corrected chi connectivity index (χ0v) is 13.9. The number of aryl methyl sites for hydroxylation is 1. The zero-order chi connectivity index (χ0) is 16.6.